The van der Waals surface area contributed by atoms with E-state index in [0.717, 1.165) is 10.8 Å². The highest BCUT2D eigenvalue weighted by molar-refractivity contribution is 6.14. The number of carboxylic acids is 1. The van der Waals surface area contributed by atoms with Crippen LogP contribution in [0.2, 0.25) is 0 Å². The van der Waals surface area contributed by atoms with Gasteiger partial charge in [-0.3, -0.25) is 14.4 Å². The van der Waals surface area contributed by atoms with Gasteiger partial charge >= 0.3 is 0 Å². The Morgan fingerprint density at radius 1 is 0.730 bits per heavy atom. The lowest BCUT2D eigenvalue weighted by molar-refractivity contribution is -0.303. The third-order valence-corrected chi connectivity index (χ3v) is 5.44. The molecule has 8 heteroatoms. The molecule has 4 aromatic rings. The van der Waals surface area contributed by atoms with E-state index in [1.54, 1.807) is 30.3 Å². The van der Waals surface area contributed by atoms with E-state index in [1.807, 2.05) is 48.5 Å². The van der Waals surface area contributed by atoms with E-state index < -0.39 is 30.2 Å². The molecule has 0 heterocycles. The number of carbonyl (C=O) groups excluding carboxylic acids is 4. The SMILES string of the molecule is O=C([O-])CNC(=O)c1ccc(NC(=O)/C(=C/c2ccccc2)NC(=O)c2cccc3ccccc23)cc1. The van der Waals surface area contributed by atoms with Gasteiger partial charge in [0.1, 0.15) is 5.70 Å². The first-order valence-electron chi connectivity index (χ1n) is 11.4. The number of nitrogens with one attached hydrogen (secondary N) is 3. The van der Waals surface area contributed by atoms with Crippen molar-refractivity contribution >= 4 is 46.2 Å². The summed E-state index contributed by atoms with van der Waals surface area (Å²) in [5.41, 5.74) is 1.76. The Bertz CT molecular complexity index is 1490. The number of rotatable bonds is 8. The van der Waals surface area contributed by atoms with E-state index in [1.165, 1.54) is 24.3 Å². The van der Waals surface area contributed by atoms with E-state index in [0.29, 0.717) is 16.8 Å². The summed E-state index contributed by atoms with van der Waals surface area (Å²) in [6.45, 7) is -0.610. The Kier molecular flexibility index (Phi) is 7.70. The summed E-state index contributed by atoms with van der Waals surface area (Å²) in [7, 11) is 0. The van der Waals surface area contributed by atoms with Gasteiger partial charge in [0.15, 0.2) is 0 Å². The Morgan fingerprint density at radius 2 is 1.41 bits per heavy atom. The molecule has 0 aliphatic heterocycles. The van der Waals surface area contributed by atoms with Gasteiger partial charge in [0.2, 0.25) is 0 Å². The van der Waals surface area contributed by atoms with Crippen molar-refractivity contribution in [2.45, 2.75) is 0 Å². The van der Waals surface area contributed by atoms with Crippen molar-refractivity contribution in [3.05, 3.63) is 119 Å². The van der Waals surface area contributed by atoms with Crippen molar-refractivity contribution in [2.24, 2.45) is 0 Å². The molecule has 0 saturated carbocycles. The second-order valence-electron chi connectivity index (χ2n) is 8.04. The van der Waals surface area contributed by atoms with Gasteiger partial charge in [-0.25, -0.2) is 0 Å². The lowest BCUT2D eigenvalue weighted by Gasteiger charge is -2.13. The van der Waals surface area contributed by atoms with Crippen LogP contribution in [0.5, 0.6) is 0 Å². The fourth-order valence-electron chi connectivity index (χ4n) is 3.65. The van der Waals surface area contributed by atoms with Crippen molar-refractivity contribution in [1.82, 2.24) is 10.6 Å². The number of amides is 3. The van der Waals surface area contributed by atoms with E-state index in [9.17, 15) is 24.3 Å². The number of carboxylic acid groups (broad SMARTS) is 1. The van der Waals surface area contributed by atoms with Crippen LogP contribution in [0.25, 0.3) is 16.8 Å². The second-order valence-corrected chi connectivity index (χ2v) is 8.04. The van der Waals surface area contributed by atoms with Crippen LogP contribution >= 0.6 is 0 Å². The summed E-state index contributed by atoms with van der Waals surface area (Å²) < 4.78 is 0. The van der Waals surface area contributed by atoms with Crippen molar-refractivity contribution in [2.75, 3.05) is 11.9 Å². The Morgan fingerprint density at radius 3 is 2.14 bits per heavy atom. The first-order chi connectivity index (χ1) is 17.9. The highest BCUT2D eigenvalue weighted by Gasteiger charge is 2.17. The molecule has 0 radical (unpaired) electrons. The summed E-state index contributed by atoms with van der Waals surface area (Å²) in [5, 5.41) is 19.8. The van der Waals surface area contributed by atoms with Crippen LogP contribution in [-0.4, -0.2) is 30.2 Å². The maximum Gasteiger partial charge on any atom is 0.272 e. The zero-order valence-corrected chi connectivity index (χ0v) is 19.6. The number of carbonyl (C=O) groups is 4. The summed E-state index contributed by atoms with van der Waals surface area (Å²) in [6.07, 6.45) is 1.57. The molecule has 8 nitrogen and oxygen atoms in total. The number of hydrogen-bond acceptors (Lipinski definition) is 5. The summed E-state index contributed by atoms with van der Waals surface area (Å²) in [4.78, 5) is 48.9. The number of hydrogen-bond donors (Lipinski definition) is 3. The van der Waals surface area contributed by atoms with Gasteiger partial charge in [-0.2, -0.15) is 0 Å². The molecule has 4 rings (SSSR count). The van der Waals surface area contributed by atoms with Crippen molar-refractivity contribution in [3.63, 3.8) is 0 Å². The topological polar surface area (TPSA) is 127 Å². The summed E-state index contributed by atoms with van der Waals surface area (Å²) in [6, 6.07) is 27.8. The second kappa shape index (κ2) is 11.5. The minimum Gasteiger partial charge on any atom is -0.548 e. The molecule has 0 aliphatic carbocycles. The first-order valence-corrected chi connectivity index (χ1v) is 11.4. The van der Waals surface area contributed by atoms with Crippen LogP contribution in [0.1, 0.15) is 26.3 Å². The molecule has 0 atom stereocenters. The normalized spacial score (nSPS) is 11.0. The monoisotopic (exact) mass is 492 g/mol. The van der Waals surface area contributed by atoms with Crippen LogP contribution in [-0.2, 0) is 9.59 Å². The van der Waals surface area contributed by atoms with Crippen LogP contribution < -0.4 is 21.1 Å². The van der Waals surface area contributed by atoms with E-state index >= 15 is 0 Å². The standard InChI is InChI=1S/C29H23N3O5/c33-26(34)18-30-27(35)21-13-15-22(16-14-21)31-29(37)25(17-19-7-2-1-3-8-19)32-28(36)24-12-6-10-20-9-4-5-11-23(20)24/h1-17H,18H2,(H,30,35)(H,31,37)(H,32,36)(H,33,34)/p-1/b25-17-. The zero-order valence-electron chi connectivity index (χ0n) is 19.6. The van der Waals surface area contributed by atoms with Crippen LogP contribution in [0, 0.1) is 0 Å². The minimum absolute atomic E-state index is 0.0277. The van der Waals surface area contributed by atoms with Gasteiger partial charge in [0.05, 0.1) is 12.5 Å². The Labute approximate surface area is 212 Å². The highest BCUT2D eigenvalue weighted by Crippen LogP contribution is 2.19. The Hall–Kier alpha value is -5.24. The highest BCUT2D eigenvalue weighted by atomic mass is 16.4. The summed E-state index contributed by atoms with van der Waals surface area (Å²) >= 11 is 0. The molecule has 37 heavy (non-hydrogen) atoms. The molecular formula is C29H22N3O5-. The third kappa shape index (κ3) is 6.46. The molecule has 0 unspecified atom stereocenters. The fraction of sp³-hybridized carbons (Fsp3) is 0.0345. The summed E-state index contributed by atoms with van der Waals surface area (Å²) in [5.74, 6) is -2.99. The van der Waals surface area contributed by atoms with Crippen LogP contribution in [0.15, 0.2) is 103 Å². The van der Waals surface area contributed by atoms with Crippen molar-refractivity contribution in [3.8, 4) is 0 Å². The largest absolute Gasteiger partial charge is 0.548 e. The fourth-order valence-corrected chi connectivity index (χ4v) is 3.65. The smallest absolute Gasteiger partial charge is 0.272 e. The molecule has 0 bridgehead atoms. The van der Waals surface area contributed by atoms with E-state index in [2.05, 4.69) is 16.0 Å². The minimum atomic E-state index is -1.40. The molecule has 0 aliphatic rings. The molecule has 0 saturated heterocycles. The molecular weight excluding hydrogens is 470 g/mol. The van der Waals surface area contributed by atoms with E-state index in [-0.39, 0.29) is 11.3 Å². The third-order valence-electron chi connectivity index (χ3n) is 5.44. The predicted molar refractivity (Wildman–Crippen MR) is 138 cm³/mol. The Balaban J connectivity index is 1.56. The molecule has 0 spiro atoms. The molecule has 0 aromatic heterocycles. The van der Waals surface area contributed by atoms with Gasteiger partial charge < -0.3 is 25.9 Å². The van der Waals surface area contributed by atoms with Gasteiger partial charge in [0, 0.05) is 16.8 Å². The first kappa shape index (κ1) is 24.9. The zero-order chi connectivity index (χ0) is 26.2. The van der Waals surface area contributed by atoms with Gasteiger partial charge in [-0.05, 0) is 52.7 Å². The van der Waals surface area contributed by atoms with Crippen LogP contribution in [0.4, 0.5) is 5.69 Å². The average Bonchev–Trinajstić information content (AvgIpc) is 2.92. The quantitative estimate of drug-likeness (QED) is 0.326. The number of aliphatic carboxylic acids is 1. The molecule has 3 N–H and O–H groups in total. The average molecular weight is 493 g/mol. The number of anilines is 1. The van der Waals surface area contributed by atoms with E-state index in [4.69, 9.17) is 0 Å². The lowest BCUT2D eigenvalue weighted by Crippen LogP contribution is -2.37. The molecule has 4 aromatic carbocycles. The lowest BCUT2D eigenvalue weighted by atomic mass is 10.0. The maximum atomic E-state index is 13.2. The predicted octanol–water partition coefficient (Wildman–Crippen LogP) is 2.73. The maximum absolute atomic E-state index is 13.2. The molecule has 184 valence electrons. The van der Waals surface area contributed by atoms with Crippen molar-refractivity contribution in [1.29, 1.82) is 0 Å². The number of fused-ring (bicyclic) bond motifs is 1. The van der Waals surface area contributed by atoms with Gasteiger partial charge in [0.25, 0.3) is 17.7 Å². The van der Waals surface area contributed by atoms with Gasteiger partial charge in [-0.15, -0.1) is 0 Å². The number of benzene rings is 4. The molecule has 3 amide bonds. The van der Waals surface area contributed by atoms with Crippen molar-refractivity contribution < 1.29 is 24.3 Å². The molecule has 0 fully saturated rings. The van der Waals surface area contributed by atoms with Gasteiger partial charge in [-0.1, -0.05) is 66.7 Å². The van der Waals surface area contributed by atoms with Crippen LogP contribution in [0.3, 0.4) is 0 Å².